The first-order chi connectivity index (χ1) is 12.6. The number of pyridine rings is 1. The lowest BCUT2D eigenvalue weighted by Gasteiger charge is -2.14. The van der Waals surface area contributed by atoms with Gasteiger partial charge in [0.05, 0.1) is 0 Å². The number of carbonyl (C=O) groups excluding carboxylic acids is 1. The first-order valence-corrected chi connectivity index (χ1v) is 9.13. The van der Waals surface area contributed by atoms with E-state index in [-0.39, 0.29) is 24.1 Å². The Labute approximate surface area is 152 Å². The van der Waals surface area contributed by atoms with E-state index in [0.29, 0.717) is 18.0 Å². The number of nitrogens with one attached hydrogen (secondary N) is 1. The molecule has 1 aliphatic rings. The standard InChI is InChI=1S/C21H23N3O2/c1-15(17-7-8-17)22-19(25)14-24-12-10-18-9-11-23(20(18)21(24)26)13-16-5-3-2-4-6-16/h2-6,9-12,15,17H,7-8,13-14H2,1H3,(H,22,25)/t15-/m1/s1. The Hall–Kier alpha value is -2.82. The SMILES string of the molecule is C[C@@H](NC(=O)Cn1ccc2ccn(Cc3ccccc3)c2c1=O)C1CC1. The maximum atomic E-state index is 12.9. The molecule has 1 amide bonds. The number of nitrogens with zero attached hydrogens (tertiary/aromatic N) is 2. The topological polar surface area (TPSA) is 56.0 Å². The second-order valence-electron chi connectivity index (χ2n) is 7.18. The number of rotatable bonds is 6. The van der Waals surface area contributed by atoms with E-state index < -0.39 is 0 Å². The van der Waals surface area contributed by atoms with Gasteiger partial charge >= 0.3 is 0 Å². The van der Waals surface area contributed by atoms with Gasteiger partial charge < -0.3 is 14.5 Å². The lowest BCUT2D eigenvalue weighted by molar-refractivity contribution is -0.122. The van der Waals surface area contributed by atoms with E-state index in [1.807, 2.05) is 60.2 Å². The van der Waals surface area contributed by atoms with Gasteiger partial charge in [-0.3, -0.25) is 9.59 Å². The highest BCUT2D eigenvalue weighted by Crippen LogP contribution is 2.32. The van der Waals surface area contributed by atoms with Crippen molar-refractivity contribution in [3.05, 3.63) is 70.8 Å². The number of carbonyl (C=O) groups is 1. The number of amides is 1. The van der Waals surface area contributed by atoms with Crippen LogP contribution in [0.3, 0.4) is 0 Å². The summed E-state index contributed by atoms with van der Waals surface area (Å²) in [6.07, 6.45) is 6.00. The van der Waals surface area contributed by atoms with Gasteiger partial charge in [0.15, 0.2) is 0 Å². The minimum absolute atomic E-state index is 0.0579. The zero-order valence-corrected chi connectivity index (χ0v) is 14.9. The van der Waals surface area contributed by atoms with E-state index in [4.69, 9.17) is 0 Å². The highest BCUT2D eigenvalue weighted by atomic mass is 16.2. The zero-order valence-electron chi connectivity index (χ0n) is 14.9. The van der Waals surface area contributed by atoms with Crippen molar-refractivity contribution in [2.45, 2.75) is 38.9 Å². The number of hydrogen-bond acceptors (Lipinski definition) is 2. The highest BCUT2D eigenvalue weighted by Gasteiger charge is 2.28. The maximum absolute atomic E-state index is 12.9. The van der Waals surface area contributed by atoms with Crippen molar-refractivity contribution >= 4 is 16.8 Å². The molecule has 1 saturated carbocycles. The third-order valence-corrected chi connectivity index (χ3v) is 5.12. The van der Waals surface area contributed by atoms with Gasteiger partial charge in [-0.2, -0.15) is 0 Å². The van der Waals surface area contributed by atoms with Crippen LogP contribution < -0.4 is 10.9 Å². The molecule has 2 aromatic heterocycles. The van der Waals surface area contributed by atoms with Crippen molar-refractivity contribution < 1.29 is 4.79 Å². The summed E-state index contributed by atoms with van der Waals surface area (Å²) in [5.74, 6) is 0.494. The van der Waals surface area contributed by atoms with E-state index in [9.17, 15) is 9.59 Å². The van der Waals surface area contributed by atoms with Crippen LogP contribution in [0.15, 0.2) is 59.7 Å². The van der Waals surface area contributed by atoms with E-state index >= 15 is 0 Å². The maximum Gasteiger partial charge on any atom is 0.275 e. The number of benzene rings is 1. The van der Waals surface area contributed by atoms with Crippen molar-refractivity contribution in [3.8, 4) is 0 Å². The van der Waals surface area contributed by atoms with Crippen LogP contribution in [0.5, 0.6) is 0 Å². The van der Waals surface area contributed by atoms with Gasteiger partial charge in [-0.05, 0) is 43.4 Å². The summed E-state index contributed by atoms with van der Waals surface area (Å²) in [5.41, 5.74) is 1.65. The molecule has 0 radical (unpaired) electrons. The van der Waals surface area contributed by atoms with Crippen molar-refractivity contribution in [2.24, 2.45) is 5.92 Å². The minimum atomic E-state index is -0.127. The lowest BCUT2D eigenvalue weighted by atomic mass is 10.2. The first kappa shape index (κ1) is 16.6. The predicted molar refractivity (Wildman–Crippen MR) is 102 cm³/mol. The second kappa shape index (κ2) is 6.83. The number of fused-ring (bicyclic) bond motifs is 1. The normalized spacial score (nSPS) is 15.1. The summed E-state index contributed by atoms with van der Waals surface area (Å²) >= 11 is 0. The molecule has 2 heterocycles. The zero-order chi connectivity index (χ0) is 18.1. The van der Waals surface area contributed by atoms with Gasteiger partial charge in [0.25, 0.3) is 5.56 Å². The summed E-state index contributed by atoms with van der Waals surface area (Å²) < 4.78 is 3.45. The summed E-state index contributed by atoms with van der Waals surface area (Å²) in [7, 11) is 0. The van der Waals surface area contributed by atoms with Crippen LogP contribution in [0.25, 0.3) is 10.9 Å². The molecule has 5 nitrogen and oxygen atoms in total. The molecule has 0 bridgehead atoms. The third-order valence-electron chi connectivity index (χ3n) is 5.12. The Kier molecular flexibility index (Phi) is 4.37. The molecule has 1 N–H and O–H groups in total. The van der Waals surface area contributed by atoms with Crippen molar-refractivity contribution in [2.75, 3.05) is 0 Å². The molecule has 26 heavy (non-hydrogen) atoms. The van der Waals surface area contributed by atoms with Crippen molar-refractivity contribution in [1.82, 2.24) is 14.5 Å². The lowest BCUT2D eigenvalue weighted by Crippen LogP contribution is -2.38. The fourth-order valence-corrected chi connectivity index (χ4v) is 3.45. The van der Waals surface area contributed by atoms with Gasteiger partial charge in [0.2, 0.25) is 5.91 Å². The van der Waals surface area contributed by atoms with Gasteiger partial charge in [0.1, 0.15) is 12.1 Å². The van der Waals surface area contributed by atoms with E-state index in [2.05, 4.69) is 5.32 Å². The van der Waals surface area contributed by atoms with Crippen LogP contribution in [0.1, 0.15) is 25.3 Å². The first-order valence-electron chi connectivity index (χ1n) is 9.13. The summed E-state index contributed by atoms with van der Waals surface area (Å²) in [6.45, 7) is 2.73. The molecular formula is C21H23N3O2. The largest absolute Gasteiger partial charge is 0.352 e. The molecule has 1 atom stereocenters. The average Bonchev–Trinajstić information content (AvgIpc) is 3.41. The molecule has 0 unspecified atom stereocenters. The Morgan fingerprint density at radius 3 is 2.50 bits per heavy atom. The fourth-order valence-electron chi connectivity index (χ4n) is 3.45. The third kappa shape index (κ3) is 3.43. The molecule has 5 heteroatoms. The van der Waals surface area contributed by atoms with E-state index in [1.54, 1.807) is 6.20 Å². The molecule has 4 rings (SSSR count). The van der Waals surface area contributed by atoms with Gasteiger partial charge in [-0.25, -0.2) is 0 Å². The van der Waals surface area contributed by atoms with Crippen LogP contribution in [-0.4, -0.2) is 21.1 Å². The number of aromatic nitrogens is 2. The van der Waals surface area contributed by atoms with Gasteiger partial charge in [0, 0.05) is 30.4 Å². The van der Waals surface area contributed by atoms with Crippen LogP contribution in [0.2, 0.25) is 0 Å². The predicted octanol–water partition coefficient (Wildman–Crippen LogP) is 2.77. The molecule has 3 aromatic rings. The second-order valence-corrected chi connectivity index (χ2v) is 7.18. The summed E-state index contributed by atoms with van der Waals surface area (Å²) in [5, 5.41) is 3.91. The molecule has 0 saturated heterocycles. The van der Waals surface area contributed by atoms with Crippen LogP contribution in [-0.2, 0) is 17.9 Å². The van der Waals surface area contributed by atoms with Crippen molar-refractivity contribution in [1.29, 1.82) is 0 Å². The molecule has 1 fully saturated rings. The Morgan fingerprint density at radius 2 is 1.81 bits per heavy atom. The van der Waals surface area contributed by atoms with E-state index in [0.717, 1.165) is 10.9 Å². The van der Waals surface area contributed by atoms with Gasteiger partial charge in [-0.1, -0.05) is 30.3 Å². The van der Waals surface area contributed by atoms with Crippen LogP contribution in [0.4, 0.5) is 0 Å². The molecule has 1 aliphatic carbocycles. The minimum Gasteiger partial charge on any atom is -0.352 e. The number of hydrogen-bond donors (Lipinski definition) is 1. The van der Waals surface area contributed by atoms with Crippen LogP contribution in [0, 0.1) is 5.92 Å². The Balaban J connectivity index is 1.58. The summed E-state index contributed by atoms with van der Waals surface area (Å²) in [6, 6.07) is 14.1. The van der Waals surface area contributed by atoms with E-state index in [1.165, 1.54) is 17.4 Å². The van der Waals surface area contributed by atoms with Gasteiger partial charge in [-0.15, -0.1) is 0 Å². The Morgan fingerprint density at radius 1 is 1.12 bits per heavy atom. The molecule has 1 aromatic carbocycles. The molecule has 0 spiro atoms. The quantitative estimate of drug-likeness (QED) is 0.744. The smallest absolute Gasteiger partial charge is 0.275 e. The average molecular weight is 349 g/mol. The monoisotopic (exact) mass is 349 g/mol. The van der Waals surface area contributed by atoms with Crippen molar-refractivity contribution in [3.63, 3.8) is 0 Å². The highest BCUT2D eigenvalue weighted by molar-refractivity contribution is 5.80. The molecule has 134 valence electrons. The Bertz CT molecular complexity index is 983. The summed E-state index contributed by atoms with van der Waals surface area (Å²) in [4.78, 5) is 25.2. The molecular weight excluding hydrogens is 326 g/mol. The molecule has 0 aliphatic heterocycles. The van der Waals surface area contributed by atoms with Crippen LogP contribution >= 0.6 is 0 Å². The fraction of sp³-hybridized carbons (Fsp3) is 0.333.